The summed E-state index contributed by atoms with van der Waals surface area (Å²) >= 11 is 0. The van der Waals surface area contributed by atoms with Crippen LogP contribution >= 0.6 is 12.4 Å². The molecule has 1 N–H and O–H groups in total. The van der Waals surface area contributed by atoms with Crippen molar-refractivity contribution in [3.05, 3.63) is 48.3 Å². The number of carbonyl (C=O) groups is 1. The van der Waals surface area contributed by atoms with Gasteiger partial charge in [0, 0.05) is 19.3 Å². The van der Waals surface area contributed by atoms with E-state index < -0.39 is 0 Å². The van der Waals surface area contributed by atoms with Crippen molar-refractivity contribution in [2.45, 2.75) is 32.0 Å². The number of carbonyl (C=O) groups excluding carboxylic acids is 1. The summed E-state index contributed by atoms with van der Waals surface area (Å²) in [5, 5.41) is 2.96. The number of nitrogens with zero attached hydrogens (tertiary/aromatic N) is 2. The lowest BCUT2D eigenvalue weighted by atomic mass is 10.1. The van der Waals surface area contributed by atoms with Crippen LogP contribution in [0.4, 0.5) is 17.1 Å². The van der Waals surface area contributed by atoms with E-state index in [-0.39, 0.29) is 24.6 Å². The highest BCUT2D eigenvalue weighted by molar-refractivity contribution is 6.12. The topological polar surface area (TPSA) is 63.7 Å². The van der Waals surface area contributed by atoms with Crippen molar-refractivity contribution in [3.63, 3.8) is 0 Å². The van der Waals surface area contributed by atoms with E-state index in [2.05, 4.69) is 15.2 Å². The normalized spacial score (nSPS) is 18.6. The van der Waals surface area contributed by atoms with Crippen LogP contribution in [0.3, 0.4) is 0 Å². The van der Waals surface area contributed by atoms with E-state index in [0.29, 0.717) is 12.2 Å². The zero-order chi connectivity index (χ0) is 17.8. The molecule has 1 amide bonds. The highest BCUT2D eigenvalue weighted by Crippen LogP contribution is 2.37. The lowest BCUT2D eigenvalue weighted by Crippen LogP contribution is -2.25. The molecule has 1 fully saturated rings. The Morgan fingerprint density at radius 3 is 2.96 bits per heavy atom. The van der Waals surface area contributed by atoms with Gasteiger partial charge in [0.05, 0.1) is 35.4 Å². The van der Waals surface area contributed by atoms with Crippen molar-refractivity contribution >= 4 is 35.4 Å². The number of fused-ring (bicyclic) bond motifs is 2. The number of hydrogen-bond acceptors (Lipinski definition) is 5. The summed E-state index contributed by atoms with van der Waals surface area (Å²) in [6.45, 7) is 2.17. The molecule has 0 aliphatic carbocycles. The van der Waals surface area contributed by atoms with Crippen molar-refractivity contribution in [1.29, 1.82) is 0 Å². The summed E-state index contributed by atoms with van der Waals surface area (Å²) in [4.78, 5) is 18.9. The van der Waals surface area contributed by atoms with Crippen LogP contribution in [0, 0.1) is 0 Å². The van der Waals surface area contributed by atoms with E-state index in [9.17, 15) is 4.79 Å². The van der Waals surface area contributed by atoms with Gasteiger partial charge in [-0.3, -0.25) is 9.78 Å². The molecule has 0 radical (unpaired) electrons. The highest BCUT2D eigenvalue weighted by atomic mass is 35.5. The number of nitrogens with one attached hydrogen (secondary N) is 1. The Hall–Kier alpha value is -2.15. The van der Waals surface area contributed by atoms with Gasteiger partial charge in [0.2, 0.25) is 0 Å². The Bertz CT molecular complexity index is 781. The molecule has 144 valence electrons. The smallest absolute Gasteiger partial charge is 0.257 e. The van der Waals surface area contributed by atoms with Gasteiger partial charge in [-0.2, -0.15) is 0 Å². The van der Waals surface area contributed by atoms with Gasteiger partial charge < -0.3 is 19.7 Å². The molecule has 1 unspecified atom stereocenters. The number of hydrogen-bond donors (Lipinski definition) is 1. The second-order valence-electron chi connectivity index (χ2n) is 6.54. The average molecular weight is 390 g/mol. The van der Waals surface area contributed by atoms with Gasteiger partial charge in [0.1, 0.15) is 0 Å². The van der Waals surface area contributed by atoms with Gasteiger partial charge in [-0.1, -0.05) is 12.1 Å². The third-order valence-corrected chi connectivity index (χ3v) is 4.74. The molecule has 0 bridgehead atoms. The number of halogens is 1. The van der Waals surface area contributed by atoms with Gasteiger partial charge in [0.15, 0.2) is 6.29 Å². The summed E-state index contributed by atoms with van der Waals surface area (Å²) in [6.07, 6.45) is 7.47. The van der Waals surface area contributed by atoms with Crippen molar-refractivity contribution in [2.24, 2.45) is 0 Å². The highest BCUT2D eigenvalue weighted by Gasteiger charge is 2.24. The number of para-hydroxylation sites is 1. The largest absolute Gasteiger partial charge is 0.353 e. The standard InChI is InChI=1S/C20H23N3O3.ClH/c24-20-15-6-1-2-7-17(15)23(18-9-10-21-14-16(18)22-20)11-5-13-26-19-8-3-4-12-25-19;/h1-2,6-7,9-10,14,19H,3-5,8,11-13H2,(H,22,24);1H. The minimum absolute atomic E-state index is 0. The van der Waals surface area contributed by atoms with Crippen molar-refractivity contribution in [2.75, 3.05) is 30.0 Å². The van der Waals surface area contributed by atoms with Crippen LogP contribution in [0.25, 0.3) is 0 Å². The third-order valence-electron chi connectivity index (χ3n) is 4.74. The van der Waals surface area contributed by atoms with Crippen LogP contribution in [-0.2, 0) is 9.47 Å². The number of benzene rings is 1. The van der Waals surface area contributed by atoms with Gasteiger partial charge in [0.25, 0.3) is 5.91 Å². The summed E-state index contributed by atoms with van der Waals surface area (Å²) in [5.41, 5.74) is 3.25. The van der Waals surface area contributed by atoms with E-state index >= 15 is 0 Å². The number of anilines is 3. The van der Waals surface area contributed by atoms with Crippen molar-refractivity contribution in [1.82, 2.24) is 4.98 Å². The van der Waals surface area contributed by atoms with Crippen molar-refractivity contribution < 1.29 is 14.3 Å². The predicted octanol–water partition coefficient (Wildman–Crippen LogP) is 4.14. The first kappa shape index (κ1) is 19.6. The average Bonchev–Trinajstić information content (AvgIpc) is 2.81. The first-order valence-corrected chi connectivity index (χ1v) is 9.18. The molecule has 1 aromatic carbocycles. The Morgan fingerprint density at radius 1 is 1.22 bits per heavy atom. The maximum Gasteiger partial charge on any atom is 0.257 e. The summed E-state index contributed by atoms with van der Waals surface area (Å²) in [7, 11) is 0. The van der Waals surface area contributed by atoms with Gasteiger partial charge in [-0.15, -0.1) is 12.4 Å². The summed E-state index contributed by atoms with van der Waals surface area (Å²) in [5.74, 6) is -0.107. The fraction of sp³-hybridized carbons (Fsp3) is 0.400. The molecule has 27 heavy (non-hydrogen) atoms. The van der Waals surface area contributed by atoms with Crippen LogP contribution in [-0.4, -0.2) is 36.9 Å². The molecule has 4 rings (SSSR count). The number of aromatic nitrogens is 1. The summed E-state index contributed by atoms with van der Waals surface area (Å²) < 4.78 is 11.5. The zero-order valence-corrected chi connectivity index (χ0v) is 15.9. The Morgan fingerprint density at radius 2 is 2.11 bits per heavy atom. The van der Waals surface area contributed by atoms with Gasteiger partial charge in [-0.25, -0.2) is 0 Å². The van der Waals surface area contributed by atoms with Gasteiger partial charge >= 0.3 is 0 Å². The first-order chi connectivity index (χ1) is 12.8. The van der Waals surface area contributed by atoms with Crippen LogP contribution < -0.4 is 10.2 Å². The lowest BCUT2D eigenvalue weighted by molar-refractivity contribution is -0.162. The van der Waals surface area contributed by atoms with E-state index in [0.717, 1.165) is 49.5 Å². The SMILES string of the molecule is Cl.O=C1Nc2cnccc2N(CCCOC2CCCCO2)c2ccccc21. The summed E-state index contributed by atoms with van der Waals surface area (Å²) in [6, 6.07) is 9.60. The first-order valence-electron chi connectivity index (χ1n) is 9.18. The number of amides is 1. The van der Waals surface area contributed by atoms with E-state index in [1.807, 2.05) is 30.3 Å². The molecule has 1 atom stereocenters. The lowest BCUT2D eigenvalue weighted by Gasteiger charge is -2.27. The molecular weight excluding hydrogens is 366 g/mol. The molecular formula is C20H24ClN3O3. The molecule has 2 aliphatic heterocycles. The minimum atomic E-state index is -0.107. The fourth-order valence-electron chi connectivity index (χ4n) is 3.46. The Kier molecular flexibility index (Phi) is 6.66. The monoisotopic (exact) mass is 389 g/mol. The number of ether oxygens (including phenoxy) is 2. The quantitative estimate of drug-likeness (QED) is 0.778. The number of pyridine rings is 1. The maximum atomic E-state index is 12.5. The molecule has 0 saturated carbocycles. The van der Waals surface area contributed by atoms with E-state index in [4.69, 9.17) is 9.47 Å². The molecule has 6 nitrogen and oxygen atoms in total. The predicted molar refractivity (Wildman–Crippen MR) is 107 cm³/mol. The second kappa shape index (κ2) is 9.17. The molecule has 1 aromatic heterocycles. The fourth-order valence-corrected chi connectivity index (χ4v) is 3.46. The Labute approximate surface area is 165 Å². The Balaban J connectivity index is 0.00000210. The molecule has 3 heterocycles. The molecule has 2 aromatic rings. The van der Waals surface area contributed by atoms with Crippen LogP contribution in [0.2, 0.25) is 0 Å². The molecule has 7 heteroatoms. The molecule has 2 aliphatic rings. The number of rotatable bonds is 5. The third kappa shape index (κ3) is 4.40. The molecule has 0 spiro atoms. The van der Waals surface area contributed by atoms with Crippen LogP contribution in [0.15, 0.2) is 42.7 Å². The maximum absolute atomic E-state index is 12.5. The van der Waals surface area contributed by atoms with Crippen LogP contribution in [0.5, 0.6) is 0 Å². The molecule has 1 saturated heterocycles. The van der Waals surface area contributed by atoms with E-state index in [1.54, 1.807) is 12.4 Å². The second-order valence-corrected chi connectivity index (χ2v) is 6.54. The van der Waals surface area contributed by atoms with E-state index in [1.165, 1.54) is 6.42 Å². The minimum Gasteiger partial charge on any atom is -0.353 e. The van der Waals surface area contributed by atoms with Crippen molar-refractivity contribution in [3.8, 4) is 0 Å². The van der Waals surface area contributed by atoms with Gasteiger partial charge in [-0.05, 0) is 43.9 Å². The zero-order valence-electron chi connectivity index (χ0n) is 15.1. The van der Waals surface area contributed by atoms with Crippen LogP contribution in [0.1, 0.15) is 36.0 Å².